The van der Waals surface area contributed by atoms with Crippen molar-refractivity contribution in [3.8, 4) is 11.1 Å². The predicted octanol–water partition coefficient (Wildman–Crippen LogP) is 9.99. The first-order valence-electron chi connectivity index (χ1n) is 13.6. The lowest BCUT2D eigenvalue weighted by Crippen LogP contribution is -2.23. The maximum Gasteiger partial charge on any atom is 0.145 e. The van der Waals surface area contributed by atoms with E-state index < -0.39 is 33.9 Å². The molecule has 2 aliphatic carbocycles. The van der Waals surface area contributed by atoms with Gasteiger partial charge in [0.15, 0.2) is 0 Å². The molecule has 6 heteroatoms. The van der Waals surface area contributed by atoms with Crippen molar-refractivity contribution in [2.24, 2.45) is 11.8 Å². The molecule has 0 aliphatic heterocycles. The Balaban J connectivity index is 1.27. The second-order valence-electron chi connectivity index (χ2n) is 10.8. The minimum atomic E-state index is -1.04. The molecule has 0 N–H and O–H groups in total. The highest BCUT2D eigenvalue weighted by atomic mass is 35.5. The van der Waals surface area contributed by atoms with Gasteiger partial charge in [-0.2, -0.15) is 0 Å². The SMILES string of the molecule is CCCCO[C@H]1CC[C@H](CC[C@H]2CC[C@H](c3cc(F)c(-c4cc(F)c(Cl)c(F)c4)c(F)c3)CC2)CC1. The zero-order valence-electron chi connectivity index (χ0n) is 21.1. The van der Waals surface area contributed by atoms with Crippen molar-refractivity contribution in [2.75, 3.05) is 6.61 Å². The molecular weight excluding hydrogens is 488 g/mol. The molecule has 0 amide bonds. The topological polar surface area (TPSA) is 9.23 Å². The highest BCUT2D eigenvalue weighted by molar-refractivity contribution is 6.31. The molecule has 0 unspecified atom stereocenters. The monoisotopic (exact) mass is 524 g/mol. The van der Waals surface area contributed by atoms with E-state index in [0.717, 1.165) is 56.8 Å². The fraction of sp³-hybridized carbons (Fsp3) is 0.600. The van der Waals surface area contributed by atoms with E-state index in [1.54, 1.807) is 0 Å². The van der Waals surface area contributed by atoms with Crippen LogP contribution in [0.3, 0.4) is 0 Å². The average molecular weight is 525 g/mol. The maximum atomic E-state index is 14.9. The van der Waals surface area contributed by atoms with Gasteiger partial charge in [-0.15, -0.1) is 0 Å². The quantitative estimate of drug-likeness (QED) is 0.180. The number of rotatable bonds is 9. The molecule has 198 valence electrons. The summed E-state index contributed by atoms with van der Waals surface area (Å²) in [4.78, 5) is 0. The molecule has 36 heavy (non-hydrogen) atoms. The summed E-state index contributed by atoms with van der Waals surface area (Å²) in [5, 5.41) is -0.683. The van der Waals surface area contributed by atoms with Gasteiger partial charge in [0.1, 0.15) is 28.3 Å². The van der Waals surface area contributed by atoms with Crippen LogP contribution >= 0.6 is 11.6 Å². The summed E-state index contributed by atoms with van der Waals surface area (Å²) in [6.45, 7) is 3.08. The van der Waals surface area contributed by atoms with E-state index in [2.05, 4.69) is 6.92 Å². The molecule has 0 radical (unpaired) electrons. The molecule has 0 saturated heterocycles. The largest absolute Gasteiger partial charge is 0.378 e. The third-order valence-corrected chi connectivity index (χ3v) is 8.64. The zero-order valence-corrected chi connectivity index (χ0v) is 21.9. The summed E-state index contributed by atoms with van der Waals surface area (Å²) in [5.74, 6) is -2.11. The fourth-order valence-electron chi connectivity index (χ4n) is 6.04. The van der Waals surface area contributed by atoms with Crippen LogP contribution in [0.1, 0.15) is 95.5 Å². The van der Waals surface area contributed by atoms with E-state index in [1.807, 2.05) is 0 Å². The molecule has 4 rings (SSSR count). The standard InChI is InChI=1S/C30H37ClF4O/c1-2-3-14-36-24-12-8-20(9-13-24)5-4-19-6-10-21(11-7-19)22-15-25(32)29(26(33)16-22)23-17-27(34)30(31)28(35)18-23/h15-21,24H,2-14H2,1H3/t19-,20-,21-,24-. The summed E-state index contributed by atoms with van der Waals surface area (Å²) in [6, 6.07) is 4.39. The van der Waals surface area contributed by atoms with Gasteiger partial charge in [0.2, 0.25) is 0 Å². The average Bonchev–Trinajstić information content (AvgIpc) is 2.87. The highest BCUT2D eigenvalue weighted by Crippen LogP contribution is 2.41. The Hall–Kier alpha value is -1.59. The lowest BCUT2D eigenvalue weighted by atomic mass is 9.75. The Morgan fingerprint density at radius 3 is 1.81 bits per heavy atom. The van der Waals surface area contributed by atoms with E-state index >= 15 is 0 Å². The van der Waals surface area contributed by atoms with E-state index in [-0.39, 0.29) is 11.5 Å². The molecule has 0 spiro atoms. The minimum absolute atomic E-state index is 0.105. The second-order valence-corrected chi connectivity index (χ2v) is 11.2. The van der Waals surface area contributed by atoms with E-state index in [9.17, 15) is 17.6 Å². The van der Waals surface area contributed by atoms with Crippen LogP contribution in [0.5, 0.6) is 0 Å². The van der Waals surface area contributed by atoms with Crippen LogP contribution in [0.15, 0.2) is 24.3 Å². The van der Waals surface area contributed by atoms with Gasteiger partial charge in [0.05, 0.1) is 11.7 Å². The molecule has 2 aromatic carbocycles. The molecule has 2 aromatic rings. The molecule has 0 aromatic heterocycles. The molecule has 0 atom stereocenters. The van der Waals surface area contributed by atoms with E-state index in [4.69, 9.17) is 16.3 Å². The van der Waals surface area contributed by atoms with Gasteiger partial charge in [0, 0.05) is 6.61 Å². The number of hydrogen-bond acceptors (Lipinski definition) is 1. The number of halogens is 5. The summed E-state index contributed by atoms with van der Waals surface area (Å²) in [7, 11) is 0. The van der Waals surface area contributed by atoms with Gasteiger partial charge in [0.25, 0.3) is 0 Å². The smallest absolute Gasteiger partial charge is 0.145 e. The van der Waals surface area contributed by atoms with E-state index in [0.29, 0.717) is 17.6 Å². The third kappa shape index (κ3) is 6.83. The number of benzene rings is 2. The van der Waals surface area contributed by atoms with Crippen molar-refractivity contribution in [1.29, 1.82) is 0 Å². The Morgan fingerprint density at radius 2 is 1.28 bits per heavy atom. The van der Waals surface area contributed by atoms with Crippen molar-refractivity contribution in [2.45, 2.75) is 96.0 Å². The Labute approximate surface area is 217 Å². The predicted molar refractivity (Wildman–Crippen MR) is 137 cm³/mol. The molecule has 0 heterocycles. The molecule has 1 nitrogen and oxygen atoms in total. The van der Waals surface area contributed by atoms with E-state index in [1.165, 1.54) is 57.1 Å². The van der Waals surface area contributed by atoms with Crippen LogP contribution in [-0.2, 0) is 4.74 Å². The van der Waals surface area contributed by atoms with Gasteiger partial charge in [-0.25, -0.2) is 17.6 Å². The lowest BCUT2D eigenvalue weighted by Gasteiger charge is -2.32. The summed E-state index contributed by atoms with van der Waals surface area (Å²) < 4.78 is 63.5. The Morgan fingerprint density at radius 1 is 0.750 bits per heavy atom. The first-order chi connectivity index (χ1) is 17.4. The van der Waals surface area contributed by atoms with Crippen LogP contribution in [0.25, 0.3) is 11.1 Å². The number of unbranched alkanes of at least 4 members (excludes halogenated alkanes) is 1. The van der Waals surface area contributed by atoms with Crippen molar-refractivity contribution in [3.05, 3.63) is 58.1 Å². The van der Waals surface area contributed by atoms with Crippen molar-refractivity contribution in [3.63, 3.8) is 0 Å². The molecule has 2 saturated carbocycles. The maximum absolute atomic E-state index is 14.9. The van der Waals surface area contributed by atoms with Gasteiger partial charge in [-0.3, -0.25) is 0 Å². The Kier molecular flexibility index (Phi) is 9.74. The van der Waals surface area contributed by atoms with Crippen LogP contribution in [-0.4, -0.2) is 12.7 Å². The van der Waals surface area contributed by atoms with Gasteiger partial charge in [-0.05, 0) is 111 Å². The number of hydrogen-bond donors (Lipinski definition) is 0. The van der Waals surface area contributed by atoms with Crippen molar-refractivity contribution < 1.29 is 22.3 Å². The Bertz CT molecular complexity index is 964. The third-order valence-electron chi connectivity index (χ3n) is 8.28. The second kappa shape index (κ2) is 12.8. The molecule has 0 bridgehead atoms. The van der Waals surface area contributed by atoms with Gasteiger partial charge in [-0.1, -0.05) is 37.8 Å². The molecular formula is C30H37ClF4O. The summed E-state index contributed by atoms with van der Waals surface area (Å²) >= 11 is 5.51. The lowest BCUT2D eigenvalue weighted by molar-refractivity contribution is 0.0151. The summed E-state index contributed by atoms with van der Waals surface area (Å²) in [5.41, 5.74) is 0.0112. The number of ether oxygens (including phenoxy) is 1. The highest BCUT2D eigenvalue weighted by Gasteiger charge is 2.27. The van der Waals surface area contributed by atoms with Gasteiger partial charge >= 0.3 is 0 Å². The van der Waals surface area contributed by atoms with Crippen LogP contribution in [0.2, 0.25) is 5.02 Å². The summed E-state index contributed by atoms with van der Waals surface area (Å²) in [6.07, 6.45) is 14.1. The first kappa shape index (κ1) is 27.4. The first-order valence-corrected chi connectivity index (χ1v) is 14.0. The van der Waals surface area contributed by atoms with Crippen LogP contribution in [0.4, 0.5) is 17.6 Å². The minimum Gasteiger partial charge on any atom is -0.378 e. The zero-order chi connectivity index (χ0) is 25.7. The normalized spacial score (nSPS) is 24.7. The van der Waals surface area contributed by atoms with Gasteiger partial charge < -0.3 is 4.74 Å². The van der Waals surface area contributed by atoms with Crippen molar-refractivity contribution in [1.82, 2.24) is 0 Å². The van der Waals surface area contributed by atoms with Crippen LogP contribution < -0.4 is 0 Å². The molecule has 2 aliphatic rings. The molecule has 2 fully saturated rings. The van der Waals surface area contributed by atoms with Crippen molar-refractivity contribution >= 4 is 11.6 Å². The fourth-order valence-corrected chi connectivity index (χ4v) is 6.15. The van der Waals surface area contributed by atoms with Crippen LogP contribution in [0, 0.1) is 35.1 Å².